The van der Waals surface area contributed by atoms with E-state index in [0.29, 0.717) is 11.5 Å². The van der Waals surface area contributed by atoms with Gasteiger partial charge in [0.1, 0.15) is 0 Å². The Bertz CT molecular complexity index is 495. The highest BCUT2D eigenvalue weighted by molar-refractivity contribution is 5.78. The lowest BCUT2D eigenvalue weighted by Crippen LogP contribution is -2.50. The Labute approximate surface area is 168 Å². The first-order valence-electron chi connectivity index (χ1n) is 11.4. The first-order valence-corrected chi connectivity index (χ1v) is 11.4. The van der Waals surface area contributed by atoms with Gasteiger partial charge in [0.05, 0.1) is 0 Å². The van der Waals surface area contributed by atoms with Crippen LogP contribution in [0.2, 0.25) is 0 Å². The maximum atomic E-state index is 12.0. The van der Waals surface area contributed by atoms with Gasteiger partial charge >= 0.3 is 0 Å². The number of nitrogens with one attached hydrogen (secondary N) is 1. The van der Waals surface area contributed by atoms with Crippen LogP contribution in [0, 0.1) is 11.3 Å². The zero-order valence-electron chi connectivity index (χ0n) is 18.2. The van der Waals surface area contributed by atoms with Gasteiger partial charge in [0.25, 0.3) is 0 Å². The first-order chi connectivity index (χ1) is 12.9. The third kappa shape index (κ3) is 5.45. The summed E-state index contributed by atoms with van der Waals surface area (Å²) in [6.07, 6.45) is 6.23. The van der Waals surface area contributed by atoms with Gasteiger partial charge in [-0.2, -0.15) is 0 Å². The molecule has 2 aliphatic heterocycles. The van der Waals surface area contributed by atoms with Gasteiger partial charge in [-0.1, -0.05) is 20.8 Å². The number of hydrogen-bond acceptors (Lipinski definition) is 4. The Hall–Kier alpha value is -0.650. The average molecular weight is 381 g/mol. The van der Waals surface area contributed by atoms with E-state index in [2.05, 4.69) is 33.9 Å². The standard InChI is InChI=1S/C22H42N4O.H2/c1-5-19(4)26-14-12-24(13-15-26)10-11-25-9-8-22(17-25)7-6-20(16-22)23-21(27)18(2)3;/h18-20H,5-17H2,1-4H3,(H,23,27);1H. The minimum atomic E-state index is 0. The fourth-order valence-corrected chi connectivity index (χ4v) is 5.26. The van der Waals surface area contributed by atoms with Gasteiger partial charge in [-0.3, -0.25) is 14.6 Å². The van der Waals surface area contributed by atoms with Gasteiger partial charge in [0.15, 0.2) is 0 Å². The summed E-state index contributed by atoms with van der Waals surface area (Å²) >= 11 is 0. The molecule has 3 aliphatic rings. The quantitative estimate of drug-likeness (QED) is 0.737. The minimum absolute atomic E-state index is 0. The fourth-order valence-electron chi connectivity index (χ4n) is 5.26. The maximum absolute atomic E-state index is 12.0. The van der Waals surface area contributed by atoms with Crippen molar-refractivity contribution in [2.75, 3.05) is 52.4 Å². The molecule has 0 aromatic heterocycles. The number of rotatable bonds is 7. The second-order valence-corrected chi connectivity index (χ2v) is 9.76. The Morgan fingerprint density at radius 1 is 1.07 bits per heavy atom. The lowest BCUT2D eigenvalue weighted by molar-refractivity contribution is -0.124. The molecule has 0 radical (unpaired) electrons. The van der Waals surface area contributed by atoms with Crippen molar-refractivity contribution in [3.63, 3.8) is 0 Å². The van der Waals surface area contributed by atoms with Crippen molar-refractivity contribution < 1.29 is 6.22 Å². The van der Waals surface area contributed by atoms with E-state index in [1.807, 2.05) is 13.8 Å². The molecule has 1 amide bonds. The molecule has 3 atom stereocenters. The van der Waals surface area contributed by atoms with E-state index in [-0.39, 0.29) is 13.3 Å². The van der Waals surface area contributed by atoms with Crippen molar-refractivity contribution in [1.82, 2.24) is 20.0 Å². The highest BCUT2D eigenvalue weighted by Crippen LogP contribution is 2.45. The van der Waals surface area contributed by atoms with Gasteiger partial charge in [0.2, 0.25) is 5.91 Å². The number of amides is 1. The van der Waals surface area contributed by atoms with E-state index in [1.54, 1.807) is 0 Å². The molecule has 1 N–H and O–H groups in total. The van der Waals surface area contributed by atoms with Crippen molar-refractivity contribution in [3.8, 4) is 0 Å². The molecule has 0 aromatic rings. The van der Waals surface area contributed by atoms with Crippen molar-refractivity contribution in [1.29, 1.82) is 0 Å². The van der Waals surface area contributed by atoms with Crippen LogP contribution in [-0.4, -0.2) is 85.0 Å². The Kier molecular flexibility index (Phi) is 7.20. The first kappa shape index (κ1) is 21.1. The van der Waals surface area contributed by atoms with Gasteiger partial charge in [-0.25, -0.2) is 0 Å². The normalized spacial score (nSPS) is 31.8. The molecular formula is C22H44N4O. The zero-order valence-corrected chi connectivity index (χ0v) is 18.2. The van der Waals surface area contributed by atoms with E-state index in [9.17, 15) is 4.79 Å². The molecule has 27 heavy (non-hydrogen) atoms. The van der Waals surface area contributed by atoms with Gasteiger partial charge in [-0.05, 0) is 51.0 Å². The highest BCUT2D eigenvalue weighted by Gasteiger charge is 2.44. The molecule has 3 unspecified atom stereocenters. The molecule has 1 saturated carbocycles. The summed E-state index contributed by atoms with van der Waals surface area (Å²) in [5, 5.41) is 3.28. The lowest BCUT2D eigenvalue weighted by atomic mass is 9.85. The zero-order chi connectivity index (χ0) is 19.4. The van der Waals surface area contributed by atoms with Crippen molar-refractivity contribution in [2.45, 2.75) is 71.9 Å². The second-order valence-electron chi connectivity index (χ2n) is 9.76. The number of carbonyl (C=O) groups is 1. The van der Waals surface area contributed by atoms with E-state index in [4.69, 9.17) is 0 Å². The predicted octanol–water partition coefficient (Wildman–Crippen LogP) is 2.67. The molecule has 5 nitrogen and oxygen atoms in total. The van der Waals surface area contributed by atoms with Crippen LogP contribution in [0.15, 0.2) is 0 Å². The van der Waals surface area contributed by atoms with Crippen LogP contribution in [-0.2, 0) is 4.79 Å². The molecule has 1 spiro atoms. The number of carbonyl (C=O) groups excluding carboxylic acids is 1. The molecule has 3 fully saturated rings. The lowest BCUT2D eigenvalue weighted by Gasteiger charge is -2.38. The summed E-state index contributed by atoms with van der Waals surface area (Å²) in [5.74, 6) is 0.325. The van der Waals surface area contributed by atoms with Crippen LogP contribution >= 0.6 is 0 Å². The van der Waals surface area contributed by atoms with Gasteiger partial charge in [-0.15, -0.1) is 0 Å². The molecule has 2 saturated heterocycles. The molecule has 3 rings (SSSR count). The van der Waals surface area contributed by atoms with E-state index in [0.717, 1.165) is 6.04 Å². The van der Waals surface area contributed by atoms with Crippen LogP contribution in [0.5, 0.6) is 0 Å². The summed E-state index contributed by atoms with van der Waals surface area (Å²) in [6.45, 7) is 18.5. The van der Waals surface area contributed by atoms with E-state index in [1.165, 1.54) is 84.5 Å². The summed E-state index contributed by atoms with van der Waals surface area (Å²) in [5.41, 5.74) is 0.476. The molecule has 158 valence electrons. The Morgan fingerprint density at radius 2 is 1.78 bits per heavy atom. The third-order valence-electron chi connectivity index (χ3n) is 7.44. The van der Waals surface area contributed by atoms with E-state index < -0.39 is 0 Å². The monoisotopic (exact) mass is 380 g/mol. The smallest absolute Gasteiger partial charge is 0.222 e. The average Bonchev–Trinajstić information content (AvgIpc) is 3.26. The number of nitrogens with zero attached hydrogens (tertiary/aromatic N) is 3. The summed E-state index contributed by atoms with van der Waals surface area (Å²) in [6, 6.07) is 1.14. The van der Waals surface area contributed by atoms with Crippen molar-refractivity contribution >= 4 is 5.91 Å². The number of likely N-dealkylation sites (tertiary alicyclic amines) is 1. The Balaban J connectivity index is 0.00000280. The highest BCUT2D eigenvalue weighted by atomic mass is 16.1. The molecule has 0 aromatic carbocycles. The van der Waals surface area contributed by atoms with Crippen LogP contribution in [0.25, 0.3) is 0 Å². The second kappa shape index (κ2) is 9.23. The summed E-state index contributed by atoms with van der Waals surface area (Å²) in [7, 11) is 0. The summed E-state index contributed by atoms with van der Waals surface area (Å²) < 4.78 is 0. The SMILES string of the molecule is CCC(C)N1CCN(CCN2CCC3(CCC(NC(=O)C(C)C)C3)C2)CC1.[HH]. The minimum Gasteiger partial charge on any atom is -0.353 e. The maximum Gasteiger partial charge on any atom is 0.222 e. The van der Waals surface area contributed by atoms with Gasteiger partial charge < -0.3 is 10.2 Å². The van der Waals surface area contributed by atoms with Gasteiger partial charge in [0, 0.05) is 65.2 Å². The molecular weight excluding hydrogens is 336 g/mol. The van der Waals surface area contributed by atoms with Crippen LogP contribution in [0.4, 0.5) is 0 Å². The van der Waals surface area contributed by atoms with Crippen LogP contribution < -0.4 is 5.32 Å². The predicted molar refractivity (Wildman–Crippen MR) is 114 cm³/mol. The van der Waals surface area contributed by atoms with Crippen molar-refractivity contribution in [3.05, 3.63) is 0 Å². The molecule has 5 heteroatoms. The van der Waals surface area contributed by atoms with E-state index >= 15 is 0 Å². The third-order valence-corrected chi connectivity index (χ3v) is 7.44. The van der Waals surface area contributed by atoms with Crippen LogP contribution in [0.1, 0.15) is 61.2 Å². The fraction of sp³-hybridized carbons (Fsp3) is 0.955. The Morgan fingerprint density at radius 3 is 2.44 bits per heavy atom. The number of piperazine rings is 1. The topological polar surface area (TPSA) is 38.8 Å². The van der Waals surface area contributed by atoms with Crippen molar-refractivity contribution in [2.24, 2.45) is 11.3 Å². The molecule has 1 aliphatic carbocycles. The summed E-state index contributed by atoms with van der Waals surface area (Å²) in [4.78, 5) is 20.0. The number of hydrogen-bond donors (Lipinski definition) is 1. The molecule has 2 heterocycles. The van der Waals surface area contributed by atoms with Crippen LogP contribution in [0.3, 0.4) is 0 Å². The molecule has 0 bridgehead atoms. The largest absolute Gasteiger partial charge is 0.353 e.